The summed E-state index contributed by atoms with van der Waals surface area (Å²) in [5.41, 5.74) is 2.45. The average Bonchev–Trinajstić information content (AvgIpc) is 3.05. The second kappa shape index (κ2) is 6.54. The summed E-state index contributed by atoms with van der Waals surface area (Å²) in [4.78, 5) is 24.0. The fourth-order valence-corrected chi connectivity index (χ4v) is 3.34. The second-order valence-electron chi connectivity index (χ2n) is 6.22. The van der Waals surface area contributed by atoms with E-state index in [4.69, 9.17) is 0 Å². The lowest BCUT2D eigenvalue weighted by Crippen LogP contribution is -2.25. The van der Waals surface area contributed by atoms with E-state index in [1.165, 1.54) is 31.2 Å². The Labute approximate surface area is 127 Å². The molecule has 2 aliphatic rings. The van der Waals surface area contributed by atoms with Crippen LogP contribution in [0.5, 0.6) is 0 Å². The first-order chi connectivity index (χ1) is 10.3. The Hall–Kier alpha value is -1.45. The van der Waals surface area contributed by atoms with Crippen molar-refractivity contribution in [2.45, 2.75) is 64.7 Å². The van der Waals surface area contributed by atoms with E-state index in [9.17, 15) is 4.79 Å². The van der Waals surface area contributed by atoms with Gasteiger partial charge in [0.25, 0.3) is 0 Å². The van der Waals surface area contributed by atoms with Crippen molar-refractivity contribution in [1.82, 2.24) is 9.97 Å². The van der Waals surface area contributed by atoms with Gasteiger partial charge in [0, 0.05) is 30.8 Å². The van der Waals surface area contributed by atoms with Gasteiger partial charge >= 0.3 is 0 Å². The largest absolute Gasteiger partial charge is 0.356 e. The summed E-state index contributed by atoms with van der Waals surface area (Å²) < 4.78 is 0. The number of hydrogen-bond donors (Lipinski definition) is 0. The van der Waals surface area contributed by atoms with E-state index >= 15 is 0 Å². The van der Waals surface area contributed by atoms with Gasteiger partial charge in [0.05, 0.1) is 0 Å². The Morgan fingerprint density at radius 3 is 2.62 bits per heavy atom. The van der Waals surface area contributed by atoms with Gasteiger partial charge in [-0.3, -0.25) is 4.79 Å². The molecule has 4 heteroatoms. The van der Waals surface area contributed by atoms with E-state index in [1.807, 2.05) is 0 Å². The SMILES string of the molecule is CCCCC(=O)c1nc2c(c(N3CCCC3)n1)CCCC2. The van der Waals surface area contributed by atoms with Gasteiger partial charge in [-0.2, -0.15) is 0 Å². The van der Waals surface area contributed by atoms with Crippen LogP contribution in [0.1, 0.15) is 73.7 Å². The third-order valence-electron chi connectivity index (χ3n) is 4.57. The first-order valence-corrected chi connectivity index (χ1v) is 8.47. The molecule has 1 aliphatic heterocycles. The zero-order chi connectivity index (χ0) is 14.7. The van der Waals surface area contributed by atoms with Crippen LogP contribution in [0.2, 0.25) is 0 Å². The van der Waals surface area contributed by atoms with E-state index in [1.54, 1.807) is 0 Å². The highest BCUT2D eigenvalue weighted by Crippen LogP contribution is 2.30. The molecule has 0 amide bonds. The molecule has 0 atom stereocenters. The first kappa shape index (κ1) is 14.5. The molecule has 1 aromatic heterocycles. The molecule has 0 unspecified atom stereocenters. The zero-order valence-corrected chi connectivity index (χ0v) is 13.0. The van der Waals surface area contributed by atoms with Crippen molar-refractivity contribution in [1.29, 1.82) is 0 Å². The van der Waals surface area contributed by atoms with Gasteiger partial charge in [0.15, 0.2) is 11.6 Å². The summed E-state index contributed by atoms with van der Waals surface area (Å²) in [5.74, 6) is 1.65. The number of fused-ring (bicyclic) bond motifs is 1. The molecule has 0 spiro atoms. The molecule has 21 heavy (non-hydrogen) atoms. The van der Waals surface area contributed by atoms with Crippen LogP contribution in [0, 0.1) is 0 Å². The van der Waals surface area contributed by atoms with E-state index in [2.05, 4.69) is 21.8 Å². The van der Waals surface area contributed by atoms with Gasteiger partial charge in [0.1, 0.15) is 5.82 Å². The summed E-state index contributed by atoms with van der Waals surface area (Å²) >= 11 is 0. The molecule has 3 rings (SSSR count). The number of aryl methyl sites for hydroxylation is 1. The summed E-state index contributed by atoms with van der Waals surface area (Å²) in [6.45, 7) is 4.26. The molecule has 1 aliphatic carbocycles. The summed E-state index contributed by atoms with van der Waals surface area (Å²) in [6.07, 6.45) is 9.50. The number of aromatic nitrogens is 2. The smallest absolute Gasteiger partial charge is 0.200 e. The van der Waals surface area contributed by atoms with E-state index in [0.717, 1.165) is 50.3 Å². The Kier molecular flexibility index (Phi) is 4.51. The number of carbonyl (C=O) groups is 1. The van der Waals surface area contributed by atoms with Gasteiger partial charge in [-0.25, -0.2) is 9.97 Å². The number of Topliss-reactive ketones (excluding diaryl/α,β-unsaturated/α-hetero) is 1. The molecule has 0 saturated carbocycles. The highest BCUT2D eigenvalue weighted by atomic mass is 16.1. The molecule has 0 aromatic carbocycles. The monoisotopic (exact) mass is 287 g/mol. The number of rotatable bonds is 5. The van der Waals surface area contributed by atoms with E-state index in [-0.39, 0.29) is 5.78 Å². The van der Waals surface area contributed by atoms with Gasteiger partial charge < -0.3 is 4.90 Å². The summed E-state index contributed by atoms with van der Waals surface area (Å²) in [7, 11) is 0. The Morgan fingerprint density at radius 2 is 1.86 bits per heavy atom. The van der Waals surface area contributed by atoms with Crippen molar-refractivity contribution in [3.05, 3.63) is 17.1 Å². The van der Waals surface area contributed by atoms with Crippen molar-refractivity contribution in [3.8, 4) is 0 Å². The van der Waals surface area contributed by atoms with Gasteiger partial charge in [0.2, 0.25) is 0 Å². The lowest BCUT2D eigenvalue weighted by molar-refractivity contribution is 0.0969. The highest BCUT2D eigenvalue weighted by Gasteiger charge is 2.25. The maximum atomic E-state index is 12.3. The summed E-state index contributed by atoms with van der Waals surface area (Å²) in [6, 6.07) is 0. The minimum absolute atomic E-state index is 0.116. The molecular weight excluding hydrogens is 262 g/mol. The van der Waals surface area contributed by atoms with Crippen LogP contribution in [0.4, 0.5) is 5.82 Å². The van der Waals surface area contributed by atoms with Crippen molar-refractivity contribution in [2.24, 2.45) is 0 Å². The molecule has 1 fully saturated rings. The predicted molar refractivity (Wildman–Crippen MR) is 84.0 cm³/mol. The number of carbonyl (C=O) groups excluding carboxylic acids is 1. The lowest BCUT2D eigenvalue weighted by Gasteiger charge is -2.25. The van der Waals surface area contributed by atoms with Gasteiger partial charge in [-0.1, -0.05) is 13.3 Å². The second-order valence-corrected chi connectivity index (χ2v) is 6.22. The normalized spacial score (nSPS) is 17.9. The van der Waals surface area contributed by atoms with Gasteiger partial charge in [-0.05, 0) is 44.9 Å². The number of anilines is 1. The molecule has 0 radical (unpaired) electrons. The molecule has 0 bridgehead atoms. The van der Waals surface area contributed by atoms with Gasteiger partial charge in [-0.15, -0.1) is 0 Å². The highest BCUT2D eigenvalue weighted by molar-refractivity contribution is 5.93. The molecule has 0 N–H and O–H groups in total. The van der Waals surface area contributed by atoms with Crippen molar-refractivity contribution < 1.29 is 4.79 Å². The summed E-state index contributed by atoms with van der Waals surface area (Å²) in [5, 5.41) is 0. The standard InChI is InChI=1S/C17H25N3O/c1-2-3-10-15(21)16-18-14-9-5-4-8-13(14)17(19-16)20-11-6-7-12-20/h2-12H2,1H3. The number of nitrogens with zero attached hydrogens (tertiary/aromatic N) is 3. The third-order valence-corrected chi connectivity index (χ3v) is 4.57. The third kappa shape index (κ3) is 3.09. The zero-order valence-electron chi connectivity index (χ0n) is 13.0. The minimum atomic E-state index is 0.116. The van der Waals surface area contributed by atoms with E-state index in [0.29, 0.717) is 12.2 Å². The molecular formula is C17H25N3O. The van der Waals surface area contributed by atoms with Crippen molar-refractivity contribution >= 4 is 11.6 Å². The quantitative estimate of drug-likeness (QED) is 0.779. The molecule has 1 aromatic rings. The molecule has 4 nitrogen and oxygen atoms in total. The van der Waals surface area contributed by atoms with Crippen molar-refractivity contribution in [3.63, 3.8) is 0 Å². The van der Waals surface area contributed by atoms with Crippen molar-refractivity contribution in [2.75, 3.05) is 18.0 Å². The minimum Gasteiger partial charge on any atom is -0.356 e. The predicted octanol–water partition coefficient (Wildman–Crippen LogP) is 3.33. The molecule has 114 valence electrons. The van der Waals surface area contributed by atoms with Crippen LogP contribution in [0.15, 0.2) is 0 Å². The lowest BCUT2D eigenvalue weighted by atomic mass is 9.96. The fraction of sp³-hybridized carbons (Fsp3) is 0.706. The maximum Gasteiger partial charge on any atom is 0.200 e. The fourth-order valence-electron chi connectivity index (χ4n) is 3.34. The van der Waals surface area contributed by atoms with Crippen LogP contribution in [-0.2, 0) is 12.8 Å². The number of ketones is 1. The van der Waals surface area contributed by atoms with Crippen LogP contribution in [0.25, 0.3) is 0 Å². The molecule has 1 saturated heterocycles. The molecule has 2 heterocycles. The Bertz CT molecular complexity index is 521. The van der Waals surface area contributed by atoms with E-state index < -0.39 is 0 Å². The Balaban J connectivity index is 1.94. The van der Waals surface area contributed by atoms with Crippen LogP contribution in [-0.4, -0.2) is 28.8 Å². The average molecular weight is 287 g/mol. The van der Waals surface area contributed by atoms with Crippen LogP contribution in [0.3, 0.4) is 0 Å². The maximum absolute atomic E-state index is 12.3. The first-order valence-electron chi connectivity index (χ1n) is 8.47. The number of hydrogen-bond acceptors (Lipinski definition) is 4. The topological polar surface area (TPSA) is 46.1 Å². The number of unbranched alkanes of at least 4 members (excludes halogenated alkanes) is 1. The van der Waals surface area contributed by atoms with Crippen LogP contribution >= 0.6 is 0 Å². The Morgan fingerprint density at radius 1 is 1.10 bits per heavy atom. The van der Waals surface area contributed by atoms with Crippen LogP contribution < -0.4 is 4.90 Å².